The van der Waals surface area contributed by atoms with E-state index in [-0.39, 0.29) is 5.56 Å². The van der Waals surface area contributed by atoms with Crippen LogP contribution in [-0.2, 0) is 0 Å². The van der Waals surface area contributed by atoms with E-state index in [1.165, 1.54) is 19.3 Å². The number of hydrogen-bond donors (Lipinski definition) is 1. The van der Waals surface area contributed by atoms with Gasteiger partial charge < -0.3 is 0 Å². The smallest absolute Gasteiger partial charge is 0.274 e. The van der Waals surface area contributed by atoms with Crippen LogP contribution in [0.25, 0.3) is 5.65 Å². The molecule has 4 heteroatoms. The summed E-state index contributed by atoms with van der Waals surface area (Å²) >= 11 is 0. The molecule has 0 spiro atoms. The zero-order valence-electron chi connectivity index (χ0n) is 9.58. The van der Waals surface area contributed by atoms with Gasteiger partial charge in [0.1, 0.15) is 5.82 Å². The topological polar surface area (TPSA) is 50.2 Å². The van der Waals surface area contributed by atoms with Gasteiger partial charge in [0.25, 0.3) is 5.56 Å². The van der Waals surface area contributed by atoms with Crippen molar-refractivity contribution in [1.82, 2.24) is 14.6 Å². The summed E-state index contributed by atoms with van der Waals surface area (Å²) in [6.07, 6.45) is 3.65. The van der Waals surface area contributed by atoms with Gasteiger partial charge in [0, 0.05) is 11.5 Å². The molecule has 4 nitrogen and oxygen atoms in total. The summed E-state index contributed by atoms with van der Waals surface area (Å²) in [6, 6.07) is 1.97. The molecule has 0 radical (unpaired) electrons. The third kappa shape index (κ3) is 1.22. The minimum atomic E-state index is 0.0214. The molecule has 0 bridgehead atoms. The first-order valence-electron chi connectivity index (χ1n) is 5.75. The number of aromatic nitrogens is 3. The molecule has 0 atom stereocenters. The number of fused-ring (bicyclic) bond motifs is 1. The van der Waals surface area contributed by atoms with Crippen molar-refractivity contribution < 1.29 is 0 Å². The van der Waals surface area contributed by atoms with Crippen LogP contribution in [0, 0.1) is 13.8 Å². The monoisotopic (exact) mass is 217 g/mol. The number of nitrogens with one attached hydrogen (secondary N) is 1. The lowest BCUT2D eigenvalue weighted by atomic mass is 9.85. The Bertz CT molecular complexity index is 604. The maximum atomic E-state index is 12.0. The molecule has 1 aliphatic carbocycles. The second-order valence-corrected chi connectivity index (χ2v) is 4.69. The fraction of sp³-hybridized carbons (Fsp3) is 0.500. The van der Waals surface area contributed by atoms with Crippen molar-refractivity contribution in [2.75, 3.05) is 0 Å². The van der Waals surface area contributed by atoms with Crippen LogP contribution >= 0.6 is 0 Å². The molecule has 0 saturated heterocycles. The number of nitrogens with zero attached hydrogens (tertiary/aromatic N) is 2. The molecular formula is C12H15N3O. The van der Waals surface area contributed by atoms with Gasteiger partial charge in [0.2, 0.25) is 0 Å². The molecule has 0 unspecified atom stereocenters. The minimum absolute atomic E-state index is 0.0214. The van der Waals surface area contributed by atoms with E-state index in [1.807, 2.05) is 19.9 Å². The Morgan fingerprint density at radius 3 is 2.81 bits per heavy atom. The van der Waals surface area contributed by atoms with Crippen molar-refractivity contribution in [3.63, 3.8) is 0 Å². The Kier molecular flexibility index (Phi) is 1.93. The summed E-state index contributed by atoms with van der Waals surface area (Å²) in [6.45, 7) is 3.81. The molecule has 2 heterocycles. The van der Waals surface area contributed by atoms with Gasteiger partial charge in [-0.2, -0.15) is 4.52 Å². The van der Waals surface area contributed by atoms with Crippen molar-refractivity contribution in [2.45, 2.75) is 39.0 Å². The Balaban J connectivity index is 2.24. The lowest BCUT2D eigenvalue weighted by molar-refractivity contribution is 0.401. The molecule has 1 aliphatic rings. The molecule has 0 amide bonds. The van der Waals surface area contributed by atoms with Gasteiger partial charge in [-0.15, -0.1) is 0 Å². The lowest BCUT2D eigenvalue weighted by Crippen LogP contribution is -2.18. The number of hydrogen-bond acceptors (Lipinski definition) is 2. The predicted molar refractivity (Wildman–Crippen MR) is 61.9 cm³/mol. The molecule has 16 heavy (non-hydrogen) atoms. The van der Waals surface area contributed by atoms with E-state index in [4.69, 9.17) is 0 Å². The zero-order chi connectivity index (χ0) is 11.3. The van der Waals surface area contributed by atoms with E-state index in [0.717, 1.165) is 22.6 Å². The SMILES string of the molecule is Cc1cc2nc(C3CCC3)[nH]n2c(=O)c1C. The average Bonchev–Trinajstić information content (AvgIpc) is 2.55. The Morgan fingerprint density at radius 2 is 2.19 bits per heavy atom. The summed E-state index contributed by atoms with van der Waals surface area (Å²) < 4.78 is 1.57. The van der Waals surface area contributed by atoms with Crippen molar-refractivity contribution in [3.8, 4) is 0 Å². The summed E-state index contributed by atoms with van der Waals surface area (Å²) in [7, 11) is 0. The van der Waals surface area contributed by atoms with Crippen molar-refractivity contribution in [3.05, 3.63) is 33.4 Å². The molecule has 2 aromatic rings. The number of rotatable bonds is 1. The van der Waals surface area contributed by atoms with E-state index in [1.54, 1.807) is 4.52 Å². The Morgan fingerprint density at radius 1 is 1.44 bits per heavy atom. The maximum Gasteiger partial charge on any atom is 0.274 e. The third-order valence-electron chi connectivity index (χ3n) is 3.64. The molecule has 0 aromatic carbocycles. The van der Waals surface area contributed by atoms with E-state index in [9.17, 15) is 4.79 Å². The normalized spacial score (nSPS) is 16.6. The molecule has 1 N–H and O–H groups in total. The van der Waals surface area contributed by atoms with E-state index in [0.29, 0.717) is 5.92 Å². The van der Waals surface area contributed by atoms with Crippen LogP contribution in [0.15, 0.2) is 10.9 Å². The van der Waals surface area contributed by atoms with E-state index >= 15 is 0 Å². The first-order valence-corrected chi connectivity index (χ1v) is 5.75. The molecule has 2 aromatic heterocycles. The fourth-order valence-electron chi connectivity index (χ4n) is 2.12. The number of aryl methyl sites for hydroxylation is 1. The van der Waals surface area contributed by atoms with Gasteiger partial charge in [-0.25, -0.2) is 4.98 Å². The van der Waals surface area contributed by atoms with Crippen LogP contribution in [0.4, 0.5) is 0 Å². The standard InChI is InChI=1S/C12H15N3O/c1-7-6-10-13-11(9-4-3-5-9)14-15(10)12(16)8(7)2/h6,9H,3-5H2,1-2H3,(H,13,14). The molecular weight excluding hydrogens is 202 g/mol. The van der Waals surface area contributed by atoms with Crippen molar-refractivity contribution in [2.24, 2.45) is 0 Å². The molecule has 1 fully saturated rings. The maximum absolute atomic E-state index is 12.0. The highest BCUT2D eigenvalue weighted by Crippen LogP contribution is 2.34. The van der Waals surface area contributed by atoms with Gasteiger partial charge in [0.15, 0.2) is 5.65 Å². The van der Waals surface area contributed by atoms with E-state index < -0.39 is 0 Å². The van der Waals surface area contributed by atoms with Crippen molar-refractivity contribution >= 4 is 5.65 Å². The summed E-state index contributed by atoms with van der Waals surface area (Å²) in [5.41, 5.74) is 2.57. The van der Waals surface area contributed by atoms with Gasteiger partial charge in [-0.3, -0.25) is 9.89 Å². The molecule has 3 rings (SSSR count). The predicted octanol–water partition coefficient (Wildman–Crippen LogP) is 1.91. The van der Waals surface area contributed by atoms with Crippen LogP contribution in [0.1, 0.15) is 42.1 Å². The fourth-order valence-corrected chi connectivity index (χ4v) is 2.12. The van der Waals surface area contributed by atoms with Crippen LogP contribution in [0.2, 0.25) is 0 Å². The van der Waals surface area contributed by atoms with Gasteiger partial charge >= 0.3 is 0 Å². The summed E-state index contributed by atoms with van der Waals surface area (Å²) in [5, 5.41) is 3.13. The van der Waals surface area contributed by atoms with Crippen molar-refractivity contribution in [1.29, 1.82) is 0 Å². The lowest BCUT2D eigenvalue weighted by Gasteiger charge is -2.22. The number of pyridine rings is 1. The van der Waals surface area contributed by atoms with Crippen LogP contribution in [-0.4, -0.2) is 14.6 Å². The average molecular weight is 217 g/mol. The van der Waals surface area contributed by atoms with Crippen LogP contribution < -0.4 is 5.56 Å². The first kappa shape index (κ1) is 9.63. The quantitative estimate of drug-likeness (QED) is 0.793. The third-order valence-corrected chi connectivity index (χ3v) is 3.64. The number of H-pyrrole nitrogens is 1. The second kappa shape index (κ2) is 3.20. The highest BCUT2D eigenvalue weighted by Gasteiger charge is 2.23. The first-order chi connectivity index (χ1) is 7.66. The highest BCUT2D eigenvalue weighted by molar-refractivity contribution is 5.43. The second-order valence-electron chi connectivity index (χ2n) is 4.69. The van der Waals surface area contributed by atoms with Gasteiger partial charge in [-0.1, -0.05) is 6.42 Å². The molecule has 84 valence electrons. The van der Waals surface area contributed by atoms with Gasteiger partial charge in [-0.05, 0) is 38.3 Å². The van der Waals surface area contributed by atoms with Gasteiger partial charge in [0.05, 0.1) is 0 Å². The van der Waals surface area contributed by atoms with Crippen LogP contribution in [0.3, 0.4) is 0 Å². The molecule has 1 saturated carbocycles. The number of aromatic amines is 1. The minimum Gasteiger partial charge on any atom is -0.276 e. The largest absolute Gasteiger partial charge is 0.276 e. The Hall–Kier alpha value is -1.58. The van der Waals surface area contributed by atoms with Crippen LogP contribution in [0.5, 0.6) is 0 Å². The molecule has 0 aliphatic heterocycles. The summed E-state index contributed by atoms with van der Waals surface area (Å²) in [5.74, 6) is 1.49. The zero-order valence-corrected chi connectivity index (χ0v) is 9.58. The van der Waals surface area contributed by atoms with E-state index in [2.05, 4.69) is 10.1 Å². The highest BCUT2D eigenvalue weighted by atomic mass is 16.1. The summed E-state index contributed by atoms with van der Waals surface area (Å²) in [4.78, 5) is 16.5. The Labute approximate surface area is 93.3 Å².